The molecule has 7 heteroatoms. The molecule has 2 heterocycles. The summed E-state index contributed by atoms with van der Waals surface area (Å²) in [6.07, 6.45) is 0.913. The molecule has 3 aromatic rings. The Balaban J connectivity index is 1.78. The van der Waals surface area contributed by atoms with E-state index in [1.807, 2.05) is 36.4 Å². The number of hydrogen-bond donors (Lipinski definition) is 2. The van der Waals surface area contributed by atoms with E-state index in [1.165, 1.54) is 0 Å². The van der Waals surface area contributed by atoms with E-state index < -0.39 is 6.09 Å². The average molecular weight is 369 g/mol. The molecule has 27 heavy (non-hydrogen) atoms. The van der Waals surface area contributed by atoms with Crippen molar-refractivity contribution in [2.75, 3.05) is 25.6 Å². The van der Waals surface area contributed by atoms with E-state index in [-0.39, 0.29) is 6.10 Å². The Labute approximate surface area is 157 Å². The van der Waals surface area contributed by atoms with Crippen LogP contribution >= 0.6 is 0 Å². The lowest BCUT2D eigenvalue weighted by Crippen LogP contribution is -2.17. The predicted molar refractivity (Wildman–Crippen MR) is 104 cm³/mol. The Kier molecular flexibility index (Phi) is 5.93. The fourth-order valence-corrected chi connectivity index (χ4v) is 2.60. The molecule has 0 fully saturated rings. The molecule has 3 rings (SSSR count). The molecule has 2 N–H and O–H groups in total. The van der Waals surface area contributed by atoms with Crippen molar-refractivity contribution < 1.29 is 19.0 Å². The van der Waals surface area contributed by atoms with E-state index in [2.05, 4.69) is 15.3 Å². The number of aromatic amines is 1. The van der Waals surface area contributed by atoms with Crippen LogP contribution in [0.3, 0.4) is 0 Å². The van der Waals surface area contributed by atoms with E-state index in [1.54, 1.807) is 27.2 Å². The number of ether oxygens (including phenoxy) is 3. The van der Waals surface area contributed by atoms with E-state index in [0.717, 1.165) is 28.0 Å². The molecule has 1 amide bonds. The zero-order chi connectivity index (χ0) is 19.2. The van der Waals surface area contributed by atoms with Gasteiger partial charge in [0.15, 0.2) is 0 Å². The maximum absolute atomic E-state index is 11.7. The largest absolute Gasteiger partial charge is 0.491 e. The number of amides is 1. The standard InChI is InChI=1S/C20H23N3O4/c1-13(2)27-20(24)22-16-9-15-11-18(23-19(15)21-12-16)14-5-4-6-17(10-14)26-8-7-25-3/h4-6,9-13H,7-8H2,1-3H3,(H,21,23)(H,22,24). The number of carbonyl (C=O) groups is 1. The molecule has 0 spiro atoms. The second kappa shape index (κ2) is 8.55. The fourth-order valence-electron chi connectivity index (χ4n) is 2.60. The lowest BCUT2D eigenvalue weighted by molar-refractivity contribution is 0.130. The summed E-state index contributed by atoms with van der Waals surface area (Å²) in [6.45, 7) is 4.63. The molecule has 7 nitrogen and oxygen atoms in total. The Morgan fingerprint density at radius 3 is 2.85 bits per heavy atom. The van der Waals surface area contributed by atoms with E-state index in [9.17, 15) is 4.79 Å². The molecule has 0 aliphatic rings. The van der Waals surface area contributed by atoms with Crippen LogP contribution in [0.1, 0.15) is 13.8 Å². The van der Waals surface area contributed by atoms with E-state index >= 15 is 0 Å². The Morgan fingerprint density at radius 2 is 2.07 bits per heavy atom. The van der Waals surface area contributed by atoms with Gasteiger partial charge in [0.25, 0.3) is 0 Å². The van der Waals surface area contributed by atoms with Crippen molar-refractivity contribution in [3.8, 4) is 17.0 Å². The molecular weight excluding hydrogens is 346 g/mol. The smallest absolute Gasteiger partial charge is 0.411 e. The van der Waals surface area contributed by atoms with Crippen LogP contribution in [0.4, 0.5) is 10.5 Å². The molecule has 142 valence electrons. The highest BCUT2D eigenvalue weighted by Crippen LogP contribution is 2.27. The van der Waals surface area contributed by atoms with Gasteiger partial charge in [-0.3, -0.25) is 5.32 Å². The first-order valence-electron chi connectivity index (χ1n) is 8.73. The van der Waals surface area contributed by atoms with Crippen molar-refractivity contribution in [3.05, 3.63) is 42.6 Å². The number of pyridine rings is 1. The highest BCUT2D eigenvalue weighted by molar-refractivity contribution is 5.90. The summed E-state index contributed by atoms with van der Waals surface area (Å²) in [6, 6.07) is 11.6. The second-order valence-corrected chi connectivity index (χ2v) is 6.29. The van der Waals surface area contributed by atoms with Crippen LogP contribution in [-0.4, -0.2) is 42.5 Å². The normalized spacial score (nSPS) is 11.0. The molecule has 0 aliphatic heterocycles. The van der Waals surface area contributed by atoms with Crippen molar-refractivity contribution in [2.45, 2.75) is 20.0 Å². The number of carbonyl (C=O) groups excluding carboxylic acids is 1. The highest BCUT2D eigenvalue weighted by Gasteiger charge is 2.09. The summed E-state index contributed by atoms with van der Waals surface area (Å²) in [4.78, 5) is 19.4. The van der Waals surface area contributed by atoms with Gasteiger partial charge in [-0.2, -0.15) is 0 Å². The van der Waals surface area contributed by atoms with Crippen LogP contribution in [-0.2, 0) is 9.47 Å². The van der Waals surface area contributed by atoms with Gasteiger partial charge < -0.3 is 19.2 Å². The third kappa shape index (κ3) is 4.98. The first-order chi connectivity index (χ1) is 13.0. The van der Waals surface area contributed by atoms with Gasteiger partial charge in [0.2, 0.25) is 0 Å². The maximum atomic E-state index is 11.7. The molecule has 0 saturated carbocycles. The van der Waals surface area contributed by atoms with Gasteiger partial charge in [0.05, 0.1) is 24.6 Å². The Morgan fingerprint density at radius 1 is 1.22 bits per heavy atom. The fraction of sp³-hybridized carbons (Fsp3) is 0.300. The Bertz CT molecular complexity index is 920. The first kappa shape index (κ1) is 18.7. The van der Waals surface area contributed by atoms with Crippen molar-refractivity contribution in [3.63, 3.8) is 0 Å². The van der Waals surface area contributed by atoms with Crippen molar-refractivity contribution in [1.82, 2.24) is 9.97 Å². The number of aromatic nitrogens is 2. The van der Waals surface area contributed by atoms with Gasteiger partial charge in [-0.25, -0.2) is 9.78 Å². The van der Waals surface area contributed by atoms with Crippen LogP contribution < -0.4 is 10.1 Å². The molecule has 0 bridgehead atoms. The molecular formula is C20H23N3O4. The van der Waals surface area contributed by atoms with Gasteiger partial charge in [-0.15, -0.1) is 0 Å². The molecule has 0 saturated heterocycles. The topological polar surface area (TPSA) is 85.5 Å². The van der Waals surface area contributed by atoms with Gasteiger partial charge in [-0.1, -0.05) is 12.1 Å². The molecule has 2 aromatic heterocycles. The molecule has 0 unspecified atom stereocenters. The number of H-pyrrole nitrogens is 1. The zero-order valence-corrected chi connectivity index (χ0v) is 15.6. The van der Waals surface area contributed by atoms with Crippen LogP contribution in [0.5, 0.6) is 5.75 Å². The van der Waals surface area contributed by atoms with Crippen LogP contribution in [0, 0.1) is 0 Å². The van der Waals surface area contributed by atoms with Gasteiger partial charge >= 0.3 is 6.09 Å². The Hall–Kier alpha value is -3.06. The van der Waals surface area contributed by atoms with Gasteiger partial charge in [0, 0.05) is 23.8 Å². The zero-order valence-electron chi connectivity index (χ0n) is 15.6. The molecule has 0 aliphatic carbocycles. The minimum absolute atomic E-state index is 0.182. The second-order valence-electron chi connectivity index (χ2n) is 6.29. The minimum atomic E-state index is -0.497. The predicted octanol–water partition coefficient (Wildman–Crippen LogP) is 4.21. The van der Waals surface area contributed by atoms with E-state index in [0.29, 0.717) is 18.9 Å². The van der Waals surface area contributed by atoms with E-state index in [4.69, 9.17) is 14.2 Å². The highest BCUT2D eigenvalue weighted by atomic mass is 16.6. The molecule has 1 aromatic carbocycles. The maximum Gasteiger partial charge on any atom is 0.411 e. The van der Waals surface area contributed by atoms with Gasteiger partial charge in [-0.05, 0) is 38.1 Å². The average Bonchev–Trinajstić information content (AvgIpc) is 3.05. The lowest BCUT2D eigenvalue weighted by atomic mass is 10.1. The number of rotatable bonds is 7. The number of benzene rings is 1. The number of hydrogen-bond acceptors (Lipinski definition) is 5. The van der Waals surface area contributed by atoms with Crippen molar-refractivity contribution in [1.29, 1.82) is 0 Å². The quantitative estimate of drug-likeness (QED) is 0.609. The van der Waals surface area contributed by atoms with Crippen molar-refractivity contribution >= 4 is 22.8 Å². The molecule has 0 atom stereocenters. The van der Waals surface area contributed by atoms with Gasteiger partial charge in [0.1, 0.15) is 18.0 Å². The summed E-state index contributed by atoms with van der Waals surface area (Å²) in [5, 5.41) is 3.57. The summed E-state index contributed by atoms with van der Waals surface area (Å²) in [7, 11) is 1.64. The van der Waals surface area contributed by atoms with Crippen LogP contribution in [0.25, 0.3) is 22.3 Å². The van der Waals surface area contributed by atoms with Crippen molar-refractivity contribution in [2.24, 2.45) is 0 Å². The third-order valence-electron chi connectivity index (χ3n) is 3.76. The minimum Gasteiger partial charge on any atom is -0.491 e. The summed E-state index contributed by atoms with van der Waals surface area (Å²) in [5.74, 6) is 0.773. The van der Waals surface area contributed by atoms with Crippen LogP contribution in [0.2, 0.25) is 0 Å². The summed E-state index contributed by atoms with van der Waals surface area (Å²) in [5.41, 5.74) is 3.21. The van der Waals surface area contributed by atoms with Crippen LogP contribution in [0.15, 0.2) is 42.6 Å². The number of nitrogens with zero attached hydrogens (tertiary/aromatic N) is 1. The number of methoxy groups -OCH3 is 1. The summed E-state index contributed by atoms with van der Waals surface area (Å²) < 4.78 is 15.7. The SMILES string of the molecule is COCCOc1cccc(-c2cc3cc(NC(=O)OC(C)C)cnc3[nH]2)c1. The number of anilines is 1. The summed E-state index contributed by atoms with van der Waals surface area (Å²) >= 11 is 0. The number of nitrogens with one attached hydrogen (secondary N) is 2. The number of fused-ring (bicyclic) bond motifs is 1. The monoisotopic (exact) mass is 369 g/mol. The lowest BCUT2D eigenvalue weighted by Gasteiger charge is -2.08. The first-order valence-corrected chi connectivity index (χ1v) is 8.73. The third-order valence-corrected chi connectivity index (χ3v) is 3.76. The molecule has 0 radical (unpaired) electrons.